The minimum Gasteiger partial charge on any atom is -0.500 e. The van der Waals surface area contributed by atoms with E-state index in [0.717, 1.165) is 28.8 Å². The van der Waals surface area contributed by atoms with Crippen LogP contribution in [-0.2, 0) is 26.5 Å². The number of furan rings is 1. The number of nitrogens with zero attached hydrogens (tertiary/aromatic N) is 2. The van der Waals surface area contributed by atoms with Gasteiger partial charge in [-0.2, -0.15) is 0 Å². The Kier molecular flexibility index (Phi) is 11.6. The van der Waals surface area contributed by atoms with Crippen LogP contribution in [0.4, 0.5) is 8.78 Å². The normalized spacial score (nSPS) is 11.4. The Morgan fingerprint density at radius 2 is 1.59 bits per heavy atom. The van der Waals surface area contributed by atoms with Gasteiger partial charge in [-0.15, -0.1) is 48.0 Å². The number of fused-ring (bicyclic) bond motifs is 3. The number of aryl methyl sites for hydroxylation is 3. The second kappa shape index (κ2) is 15.5. The summed E-state index contributed by atoms with van der Waals surface area (Å²) in [6, 6.07) is 30.2. The molecular weight excluding hydrogens is 831 g/mol. The van der Waals surface area contributed by atoms with Crippen LogP contribution in [-0.4, -0.2) is 18.0 Å². The average molecular weight is 873 g/mol. The van der Waals surface area contributed by atoms with Gasteiger partial charge >= 0.3 is 0 Å². The van der Waals surface area contributed by atoms with Crippen molar-refractivity contribution in [2.45, 2.75) is 60.7 Å². The molecule has 4 aromatic carbocycles. The zero-order chi connectivity index (χ0) is 35.7. The van der Waals surface area contributed by atoms with Crippen LogP contribution in [0.15, 0.2) is 95.7 Å². The van der Waals surface area contributed by atoms with E-state index in [2.05, 4.69) is 107 Å². The van der Waals surface area contributed by atoms with E-state index in [4.69, 9.17) is 4.42 Å². The monoisotopic (exact) mass is 873 g/mol. The fourth-order valence-electron chi connectivity index (χ4n) is 6.79. The number of halogens is 2. The molecule has 0 aliphatic carbocycles. The van der Waals surface area contributed by atoms with Crippen LogP contribution < -0.4 is 5.19 Å². The van der Waals surface area contributed by atoms with E-state index in [-0.39, 0.29) is 20.1 Å². The summed E-state index contributed by atoms with van der Waals surface area (Å²) < 4.78 is 34.1. The topological polar surface area (TPSA) is 38.9 Å². The van der Waals surface area contributed by atoms with Gasteiger partial charge in [0.1, 0.15) is 11.4 Å². The quantitative estimate of drug-likeness (QED) is 0.123. The third-order valence-electron chi connectivity index (χ3n) is 8.85. The van der Waals surface area contributed by atoms with Gasteiger partial charge in [0.25, 0.3) is 0 Å². The van der Waals surface area contributed by atoms with Gasteiger partial charge in [0.2, 0.25) is 0 Å². The number of hydrogen-bond donors (Lipinski definition) is 0. The Labute approximate surface area is 314 Å². The summed E-state index contributed by atoms with van der Waals surface area (Å²) in [6.07, 6.45) is 4.97. The largest absolute Gasteiger partial charge is 0.500 e. The first kappa shape index (κ1) is 37.9. The zero-order valence-corrected chi connectivity index (χ0v) is 33.7. The van der Waals surface area contributed by atoms with Gasteiger partial charge < -0.3 is 14.4 Å². The summed E-state index contributed by atoms with van der Waals surface area (Å²) in [7, 11) is -1.34. The molecule has 1 radical (unpaired) electrons. The predicted molar refractivity (Wildman–Crippen MR) is 205 cm³/mol. The summed E-state index contributed by atoms with van der Waals surface area (Å²) in [5, 5.41) is 2.33. The Morgan fingerprint density at radius 3 is 2.25 bits per heavy atom. The molecule has 0 saturated carbocycles. The number of aromatic nitrogens is 2. The maximum absolute atomic E-state index is 14.6. The third-order valence-corrected chi connectivity index (χ3v) is 10.9. The van der Waals surface area contributed by atoms with Crippen LogP contribution in [0, 0.1) is 50.5 Å². The molecule has 0 bridgehead atoms. The molecule has 0 amide bonds. The summed E-state index contributed by atoms with van der Waals surface area (Å²) >= 11 is 0. The van der Waals surface area contributed by atoms with E-state index < -0.39 is 19.7 Å². The Bertz CT molecular complexity index is 2300. The van der Waals surface area contributed by atoms with E-state index in [1.54, 1.807) is 6.20 Å². The van der Waals surface area contributed by atoms with Crippen LogP contribution in [0.1, 0.15) is 36.1 Å². The van der Waals surface area contributed by atoms with Gasteiger partial charge in [-0.25, -0.2) is 4.39 Å². The summed E-state index contributed by atoms with van der Waals surface area (Å²) in [5.41, 5.74) is 11.1. The van der Waals surface area contributed by atoms with Crippen molar-refractivity contribution in [3.8, 4) is 33.6 Å². The molecule has 3 heterocycles. The maximum Gasteiger partial charge on any atom is 0.126 e. The van der Waals surface area contributed by atoms with E-state index >= 15 is 0 Å². The summed E-state index contributed by atoms with van der Waals surface area (Å²) in [5.74, 6) is -0.224. The number of pyridine rings is 2. The molecule has 0 N–H and O–H groups in total. The number of rotatable bonds is 6. The Balaban J connectivity index is 0.000000211. The first-order valence-corrected chi connectivity index (χ1v) is 20.5. The minimum atomic E-state index is -1.34. The molecule has 0 aliphatic heterocycles. The van der Waals surface area contributed by atoms with Crippen LogP contribution in [0.2, 0.25) is 19.6 Å². The van der Waals surface area contributed by atoms with Crippen LogP contribution in [0.5, 0.6) is 0 Å². The van der Waals surface area contributed by atoms with Gasteiger partial charge in [0.05, 0.1) is 13.7 Å². The zero-order valence-electron chi connectivity index (χ0n) is 30.3. The molecule has 51 heavy (non-hydrogen) atoms. The first-order valence-electron chi connectivity index (χ1n) is 17.0. The Hall–Kier alpha value is -4.29. The van der Waals surface area contributed by atoms with Crippen molar-refractivity contribution in [1.82, 2.24) is 9.97 Å². The second-order valence-corrected chi connectivity index (χ2v) is 19.6. The molecule has 3 nitrogen and oxygen atoms in total. The SMILES string of the molecule is CC(C)Cc1cc(-c2[c-]cccc2)ncc1[Si](C)(C)C.Cc1cc(C)c(-c2ccnc(-c3[c-]cc(F)c4c3oc3cc(F)ccc34)c2)c(C)c1.[Ir]. The smallest absolute Gasteiger partial charge is 0.126 e. The van der Waals surface area contributed by atoms with E-state index in [1.807, 2.05) is 30.3 Å². The molecule has 0 spiro atoms. The first-order chi connectivity index (χ1) is 23.8. The maximum atomic E-state index is 14.6. The number of benzene rings is 4. The molecule has 0 atom stereocenters. The van der Waals surface area contributed by atoms with Crippen molar-refractivity contribution in [1.29, 1.82) is 0 Å². The van der Waals surface area contributed by atoms with Crippen molar-refractivity contribution in [2.24, 2.45) is 5.92 Å². The van der Waals surface area contributed by atoms with Gasteiger partial charge in [-0.1, -0.05) is 74.4 Å². The second-order valence-electron chi connectivity index (χ2n) is 14.5. The molecule has 0 aliphatic rings. The van der Waals surface area contributed by atoms with Gasteiger partial charge in [0.15, 0.2) is 0 Å². The third kappa shape index (κ3) is 8.28. The van der Waals surface area contributed by atoms with Crippen molar-refractivity contribution >= 4 is 35.2 Å². The van der Waals surface area contributed by atoms with Crippen LogP contribution in [0.25, 0.3) is 55.6 Å². The van der Waals surface area contributed by atoms with Crippen LogP contribution in [0.3, 0.4) is 0 Å². The molecule has 7 heteroatoms. The van der Waals surface area contributed by atoms with Crippen molar-refractivity contribution in [3.63, 3.8) is 0 Å². The fraction of sp³-hybridized carbons (Fsp3) is 0.227. The van der Waals surface area contributed by atoms with Gasteiger partial charge in [0, 0.05) is 49.8 Å². The summed E-state index contributed by atoms with van der Waals surface area (Å²) in [6.45, 7) is 18.0. The van der Waals surface area contributed by atoms with Crippen molar-refractivity contribution in [2.75, 3.05) is 0 Å². The van der Waals surface area contributed by atoms with Crippen LogP contribution >= 0.6 is 0 Å². The van der Waals surface area contributed by atoms with E-state index in [1.165, 1.54) is 51.7 Å². The van der Waals surface area contributed by atoms with Crippen molar-refractivity contribution < 1.29 is 33.3 Å². The van der Waals surface area contributed by atoms with E-state index in [0.29, 0.717) is 39.1 Å². The van der Waals surface area contributed by atoms with Gasteiger partial charge in [-0.3, -0.25) is 4.39 Å². The standard InChI is InChI=1S/C26H18F2NO.C18H24NSi.Ir/c1-14-10-15(2)24(16(3)11-14)17-8-9-29-22(12-17)19-6-7-21(28)25-20-5-4-18(27)13-23(20)30-26(19)25;1-14(2)11-16-12-17(15-9-7-6-8-10-15)19-13-18(16)20(3,4)5;/h4-5,7-13H,1-3H3;6-9,12-14H,11H2,1-5H3;/q2*-1;. The Morgan fingerprint density at radius 1 is 0.843 bits per heavy atom. The van der Waals surface area contributed by atoms with Gasteiger partial charge in [-0.05, 0) is 95.5 Å². The number of hydrogen-bond acceptors (Lipinski definition) is 3. The molecule has 0 unspecified atom stereocenters. The average Bonchev–Trinajstić information content (AvgIpc) is 3.44. The molecule has 0 fully saturated rings. The molecule has 3 aromatic heterocycles. The molecular formula is C44H42F2IrN2OSi-2. The molecule has 7 aromatic rings. The fourth-order valence-corrected chi connectivity index (χ4v) is 8.38. The summed E-state index contributed by atoms with van der Waals surface area (Å²) in [4.78, 5) is 9.18. The van der Waals surface area contributed by atoms with Crippen molar-refractivity contribution in [3.05, 3.63) is 137 Å². The molecule has 7 rings (SSSR count). The minimum absolute atomic E-state index is 0. The predicted octanol–water partition coefficient (Wildman–Crippen LogP) is 11.6. The van der Waals surface area contributed by atoms with E-state index in [9.17, 15) is 8.78 Å². The molecule has 263 valence electrons. The molecule has 0 saturated heterocycles.